The maximum atomic E-state index is 14.7. The van der Waals surface area contributed by atoms with Crippen molar-refractivity contribution in [2.45, 2.75) is 13.1 Å². The fourth-order valence-corrected chi connectivity index (χ4v) is 4.82. The van der Waals surface area contributed by atoms with Crippen LogP contribution >= 0.6 is 0 Å². The van der Waals surface area contributed by atoms with E-state index in [1.54, 1.807) is 22.9 Å². The molecule has 1 aromatic heterocycles. The first-order chi connectivity index (χ1) is 19.9. The van der Waals surface area contributed by atoms with Crippen LogP contribution in [0.25, 0.3) is 32.9 Å². The van der Waals surface area contributed by atoms with Crippen molar-refractivity contribution in [1.82, 2.24) is 20.3 Å². The number of amides is 1. The summed E-state index contributed by atoms with van der Waals surface area (Å²) < 4.78 is 30.4. The number of aromatic carboxylic acids is 1. The van der Waals surface area contributed by atoms with Crippen LogP contribution in [-0.4, -0.2) is 32.0 Å². The van der Waals surface area contributed by atoms with Crippen LogP contribution in [0.1, 0.15) is 31.8 Å². The first-order valence-electron chi connectivity index (χ1n) is 12.8. The standard InChI is InChI=1S/C32H22F2N4O3/c33-25-11-12-28(34)26(16-25)24-14-27(31(39)35-17-19-5-9-22(10-6-19)32(40)41)30-29(15-24)36-37-38(30)18-20-7-8-21-3-1-2-4-23(21)13-20/h1-16H,17-18H2,(H,35,39)(H,40,41). The van der Waals surface area contributed by atoms with Gasteiger partial charge in [0.25, 0.3) is 5.91 Å². The molecule has 0 bridgehead atoms. The van der Waals surface area contributed by atoms with Gasteiger partial charge in [0.15, 0.2) is 0 Å². The normalized spacial score (nSPS) is 11.2. The topological polar surface area (TPSA) is 97.1 Å². The number of nitrogens with one attached hydrogen (secondary N) is 1. The molecule has 0 fully saturated rings. The van der Waals surface area contributed by atoms with E-state index in [2.05, 4.69) is 15.6 Å². The molecule has 7 nitrogen and oxygen atoms in total. The summed E-state index contributed by atoms with van der Waals surface area (Å²) >= 11 is 0. The predicted molar refractivity (Wildman–Crippen MR) is 151 cm³/mol. The minimum Gasteiger partial charge on any atom is -0.478 e. The van der Waals surface area contributed by atoms with Crippen molar-refractivity contribution in [3.8, 4) is 11.1 Å². The van der Waals surface area contributed by atoms with E-state index in [1.165, 1.54) is 18.2 Å². The summed E-state index contributed by atoms with van der Waals surface area (Å²) in [6.07, 6.45) is 0. The molecule has 6 rings (SSSR count). The number of fused-ring (bicyclic) bond motifs is 2. The van der Waals surface area contributed by atoms with Crippen LogP contribution in [0.2, 0.25) is 0 Å². The smallest absolute Gasteiger partial charge is 0.335 e. The van der Waals surface area contributed by atoms with E-state index in [0.717, 1.165) is 34.5 Å². The third-order valence-electron chi connectivity index (χ3n) is 6.89. The largest absolute Gasteiger partial charge is 0.478 e. The number of carboxylic acid groups (broad SMARTS) is 1. The summed E-state index contributed by atoms with van der Waals surface area (Å²) in [4.78, 5) is 24.7. The second-order valence-corrected chi connectivity index (χ2v) is 9.63. The van der Waals surface area contributed by atoms with Gasteiger partial charge in [0.2, 0.25) is 0 Å². The first kappa shape index (κ1) is 25.8. The van der Waals surface area contributed by atoms with Crippen molar-refractivity contribution in [2.24, 2.45) is 0 Å². The Kier molecular flexibility index (Phi) is 6.68. The maximum Gasteiger partial charge on any atom is 0.335 e. The highest BCUT2D eigenvalue weighted by Gasteiger charge is 2.20. The molecule has 0 radical (unpaired) electrons. The molecule has 0 spiro atoms. The number of rotatable bonds is 7. The molecule has 0 aliphatic heterocycles. The molecule has 0 saturated carbocycles. The summed E-state index contributed by atoms with van der Waals surface area (Å²) in [7, 11) is 0. The molecule has 2 N–H and O–H groups in total. The minimum absolute atomic E-state index is 0.00529. The van der Waals surface area contributed by atoms with Crippen LogP contribution < -0.4 is 5.32 Å². The van der Waals surface area contributed by atoms with Gasteiger partial charge in [-0.3, -0.25) is 4.79 Å². The number of carbonyl (C=O) groups excluding carboxylic acids is 1. The second kappa shape index (κ2) is 10.6. The third kappa shape index (κ3) is 5.25. The first-order valence-corrected chi connectivity index (χ1v) is 12.8. The summed E-state index contributed by atoms with van der Waals surface area (Å²) in [5, 5.41) is 22.7. The molecule has 9 heteroatoms. The van der Waals surface area contributed by atoms with E-state index in [-0.39, 0.29) is 28.8 Å². The molecular weight excluding hydrogens is 526 g/mol. The fourth-order valence-electron chi connectivity index (χ4n) is 4.82. The molecule has 202 valence electrons. The number of nitrogens with zero attached hydrogens (tertiary/aromatic N) is 3. The Bertz CT molecular complexity index is 1950. The number of carbonyl (C=O) groups is 2. The average Bonchev–Trinajstić information content (AvgIpc) is 3.39. The van der Waals surface area contributed by atoms with Crippen LogP contribution in [0.3, 0.4) is 0 Å². The summed E-state index contributed by atoms with van der Waals surface area (Å²) in [5.74, 6) is -2.77. The van der Waals surface area contributed by atoms with Crippen molar-refractivity contribution in [3.63, 3.8) is 0 Å². The maximum absolute atomic E-state index is 14.7. The van der Waals surface area contributed by atoms with Gasteiger partial charge >= 0.3 is 5.97 Å². The molecule has 5 aromatic carbocycles. The average molecular weight is 549 g/mol. The number of aromatic nitrogens is 3. The Labute approximate surface area is 232 Å². The van der Waals surface area contributed by atoms with Crippen molar-refractivity contribution in [3.05, 3.63) is 131 Å². The van der Waals surface area contributed by atoms with E-state index in [9.17, 15) is 18.4 Å². The Balaban J connectivity index is 1.40. The van der Waals surface area contributed by atoms with Crippen LogP contribution in [0, 0.1) is 11.6 Å². The Hall–Kier alpha value is -5.44. The van der Waals surface area contributed by atoms with Crippen molar-refractivity contribution < 1.29 is 23.5 Å². The molecule has 1 amide bonds. The lowest BCUT2D eigenvalue weighted by atomic mass is 10.00. The lowest BCUT2D eigenvalue weighted by Crippen LogP contribution is -2.24. The SMILES string of the molecule is O=C(O)c1ccc(CNC(=O)c2cc(-c3cc(F)ccc3F)cc3nnn(Cc4ccc5ccccc5c4)c23)cc1. The monoisotopic (exact) mass is 548 g/mol. The predicted octanol–water partition coefficient (Wildman–Crippen LogP) is 6.21. The molecule has 41 heavy (non-hydrogen) atoms. The number of hydrogen-bond donors (Lipinski definition) is 2. The fraction of sp³-hybridized carbons (Fsp3) is 0.0625. The highest BCUT2D eigenvalue weighted by atomic mass is 19.1. The molecule has 6 aromatic rings. The van der Waals surface area contributed by atoms with Crippen LogP contribution in [0.15, 0.2) is 97.1 Å². The molecule has 0 saturated heterocycles. The molecule has 0 aliphatic carbocycles. The molecule has 1 heterocycles. The lowest BCUT2D eigenvalue weighted by Gasteiger charge is -2.12. The van der Waals surface area contributed by atoms with Crippen LogP contribution in [0.4, 0.5) is 8.78 Å². The van der Waals surface area contributed by atoms with Gasteiger partial charge in [-0.05, 0) is 76.0 Å². The number of hydrogen-bond acceptors (Lipinski definition) is 4. The van der Waals surface area contributed by atoms with E-state index in [4.69, 9.17) is 5.11 Å². The molecule has 0 aliphatic rings. The lowest BCUT2D eigenvalue weighted by molar-refractivity contribution is 0.0696. The Morgan fingerprint density at radius 3 is 2.37 bits per heavy atom. The van der Waals surface area contributed by atoms with Gasteiger partial charge in [0.05, 0.1) is 17.7 Å². The number of benzene rings is 5. The van der Waals surface area contributed by atoms with Gasteiger partial charge in [-0.1, -0.05) is 53.7 Å². The Morgan fingerprint density at radius 2 is 1.59 bits per heavy atom. The van der Waals surface area contributed by atoms with Crippen molar-refractivity contribution >= 4 is 33.7 Å². The van der Waals surface area contributed by atoms with Gasteiger partial charge in [0.1, 0.15) is 22.7 Å². The van der Waals surface area contributed by atoms with E-state index >= 15 is 0 Å². The second-order valence-electron chi connectivity index (χ2n) is 9.63. The minimum atomic E-state index is -1.04. The number of carboxylic acids is 1. The number of halogens is 2. The van der Waals surface area contributed by atoms with E-state index in [0.29, 0.717) is 23.1 Å². The highest BCUT2D eigenvalue weighted by Crippen LogP contribution is 2.30. The van der Waals surface area contributed by atoms with Gasteiger partial charge in [-0.2, -0.15) is 0 Å². The van der Waals surface area contributed by atoms with E-state index in [1.807, 2.05) is 42.5 Å². The van der Waals surface area contributed by atoms with E-state index < -0.39 is 23.5 Å². The highest BCUT2D eigenvalue weighted by molar-refractivity contribution is 6.06. The van der Waals surface area contributed by atoms with Gasteiger partial charge < -0.3 is 10.4 Å². The Morgan fingerprint density at radius 1 is 0.829 bits per heavy atom. The summed E-state index contributed by atoms with van der Waals surface area (Å²) in [6, 6.07) is 26.4. The third-order valence-corrected chi connectivity index (χ3v) is 6.89. The molecule has 0 atom stereocenters. The van der Waals surface area contributed by atoms with Crippen molar-refractivity contribution in [1.29, 1.82) is 0 Å². The van der Waals surface area contributed by atoms with Crippen LogP contribution in [0.5, 0.6) is 0 Å². The summed E-state index contributed by atoms with van der Waals surface area (Å²) in [5.41, 5.74) is 3.03. The van der Waals surface area contributed by atoms with Crippen molar-refractivity contribution in [2.75, 3.05) is 0 Å². The zero-order valence-electron chi connectivity index (χ0n) is 21.5. The molecular formula is C32H22F2N4O3. The zero-order chi connectivity index (χ0) is 28.5. The zero-order valence-corrected chi connectivity index (χ0v) is 21.5. The van der Waals surface area contributed by atoms with Gasteiger partial charge in [0, 0.05) is 12.1 Å². The summed E-state index contributed by atoms with van der Waals surface area (Å²) in [6.45, 7) is 0.441. The van der Waals surface area contributed by atoms with Crippen LogP contribution in [-0.2, 0) is 13.1 Å². The quantitative estimate of drug-likeness (QED) is 0.247. The van der Waals surface area contributed by atoms with Gasteiger partial charge in [-0.25, -0.2) is 18.3 Å². The molecule has 0 unspecified atom stereocenters. The van der Waals surface area contributed by atoms with Gasteiger partial charge in [-0.15, -0.1) is 5.10 Å².